The van der Waals surface area contributed by atoms with Crippen molar-refractivity contribution < 1.29 is 4.79 Å². The molecule has 0 fully saturated rings. The largest absolute Gasteiger partial charge is 0.356 e. The Balaban J connectivity index is 3.54. The maximum Gasteiger partial charge on any atom is 0.221 e. The fraction of sp³-hybridized carbons (Fsp3) is 0.889. The summed E-state index contributed by atoms with van der Waals surface area (Å²) in [4.78, 5) is 11.1. The van der Waals surface area contributed by atoms with Crippen molar-refractivity contribution in [2.24, 2.45) is 11.7 Å². The number of amides is 1. The smallest absolute Gasteiger partial charge is 0.221 e. The number of rotatable bonds is 5. The molecule has 0 aromatic heterocycles. The van der Waals surface area contributed by atoms with Crippen LogP contribution in [-0.4, -0.2) is 18.5 Å². The van der Waals surface area contributed by atoms with Crippen molar-refractivity contribution in [2.75, 3.05) is 6.54 Å². The Kier molecular flexibility index (Phi) is 5.72. The van der Waals surface area contributed by atoms with Crippen LogP contribution in [0.4, 0.5) is 0 Å². The van der Waals surface area contributed by atoms with E-state index in [4.69, 9.17) is 5.73 Å². The minimum Gasteiger partial charge on any atom is -0.356 e. The molecule has 1 atom stereocenters. The second-order valence-corrected chi connectivity index (χ2v) is 3.46. The molecule has 1 amide bonds. The van der Waals surface area contributed by atoms with E-state index in [1.165, 1.54) is 0 Å². The summed E-state index contributed by atoms with van der Waals surface area (Å²) in [5, 5.41) is 2.80. The van der Waals surface area contributed by atoms with Crippen LogP contribution in [0.25, 0.3) is 0 Å². The monoisotopic (exact) mass is 172 g/mol. The highest BCUT2D eigenvalue weighted by molar-refractivity contribution is 5.76. The predicted octanol–water partition coefficient (Wildman–Crippen LogP) is 0.886. The first kappa shape index (κ1) is 11.4. The summed E-state index contributed by atoms with van der Waals surface area (Å²) < 4.78 is 0. The number of nitrogens with one attached hydrogen (secondary N) is 1. The zero-order valence-corrected chi connectivity index (χ0v) is 8.26. The second kappa shape index (κ2) is 6.00. The van der Waals surface area contributed by atoms with E-state index in [0.717, 1.165) is 13.0 Å². The quantitative estimate of drug-likeness (QED) is 0.647. The van der Waals surface area contributed by atoms with Crippen LogP contribution in [0.2, 0.25) is 0 Å². The van der Waals surface area contributed by atoms with Crippen LogP contribution in [-0.2, 0) is 4.79 Å². The summed E-state index contributed by atoms with van der Waals surface area (Å²) >= 11 is 0. The van der Waals surface area contributed by atoms with Gasteiger partial charge in [-0.15, -0.1) is 0 Å². The summed E-state index contributed by atoms with van der Waals surface area (Å²) in [5.74, 6) is 0.440. The molecule has 72 valence electrons. The summed E-state index contributed by atoms with van der Waals surface area (Å²) in [5.41, 5.74) is 5.73. The molecular formula is C9H20N2O. The van der Waals surface area contributed by atoms with E-state index in [9.17, 15) is 4.79 Å². The van der Waals surface area contributed by atoms with Crippen molar-refractivity contribution >= 4 is 5.91 Å². The molecule has 0 aliphatic heterocycles. The Hall–Kier alpha value is -0.570. The maximum atomic E-state index is 11.1. The summed E-state index contributed by atoms with van der Waals surface area (Å²) in [6, 6.07) is -0.0122. The Bertz CT molecular complexity index is 134. The predicted molar refractivity (Wildman–Crippen MR) is 50.7 cm³/mol. The third-order valence-electron chi connectivity index (χ3n) is 1.85. The van der Waals surface area contributed by atoms with E-state index in [-0.39, 0.29) is 11.9 Å². The fourth-order valence-electron chi connectivity index (χ4n) is 0.786. The maximum absolute atomic E-state index is 11.1. The molecule has 0 saturated carbocycles. The molecule has 0 aromatic rings. The molecule has 0 saturated heterocycles. The molecule has 3 heteroatoms. The molecular weight excluding hydrogens is 152 g/mol. The number of carbonyl (C=O) groups excluding carboxylic acids is 1. The molecule has 0 radical (unpaired) electrons. The molecule has 0 heterocycles. The van der Waals surface area contributed by atoms with Gasteiger partial charge in [0.15, 0.2) is 0 Å². The third kappa shape index (κ3) is 5.13. The van der Waals surface area contributed by atoms with E-state index >= 15 is 0 Å². The van der Waals surface area contributed by atoms with Crippen LogP contribution in [0, 0.1) is 5.92 Å². The average Bonchev–Trinajstić information content (AvgIpc) is 2.00. The van der Waals surface area contributed by atoms with Crippen LogP contribution >= 0.6 is 0 Å². The Morgan fingerprint density at radius 2 is 2.08 bits per heavy atom. The molecule has 0 bridgehead atoms. The van der Waals surface area contributed by atoms with Gasteiger partial charge in [-0.05, 0) is 12.3 Å². The molecule has 0 rings (SSSR count). The standard InChI is InChI=1S/C9H20N2O/c1-4-5-11-9(12)6-8(10)7(2)3/h7-8H,4-6,10H2,1-3H3,(H,11,12). The molecule has 3 N–H and O–H groups in total. The van der Waals surface area contributed by atoms with Gasteiger partial charge in [-0.3, -0.25) is 4.79 Å². The van der Waals surface area contributed by atoms with E-state index in [1.807, 2.05) is 20.8 Å². The van der Waals surface area contributed by atoms with Gasteiger partial charge in [0, 0.05) is 19.0 Å². The first-order valence-electron chi connectivity index (χ1n) is 4.60. The third-order valence-corrected chi connectivity index (χ3v) is 1.85. The molecule has 0 spiro atoms. The van der Waals surface area contributed by atoms with Crippen LogP contribution in [0.15, 0.2) is 0 Å². The first-order chi connectivity index (χ1) is 5.57. The van der Waals surface area contributed by atoms with Crippen molar-refractivity contribution in [3.8, 4) is 0 Å². The van der Waals surface area contributed by atoms with Crippen molar-refractivity contribution in [3.05, 3.63) is 0 Å². The molecule has 12 heavy (non-hydrogen) atoms. The number of hydrogen-bond acceptors (Lipinski definition) is 2. The van der Waals surface area contributed by atoms with Crippen molar-refractivity contribution in [3.63, 3.8) is 0 Å². The van der Waals surface area contributed by atoms with Gasteiger partial charge in [-0.25, -0.2) is 0 Å². The summed E-state index contributed by atoms with van der Waals surface area (Å²) in [7, 11) is 0. The topological polar surface area (TPSA) is 55.1 Å². The van der Waals surface area contributed by atoms with Gasteiger partial charge in [0.05, 0.1) is 0 Å². The number of nitrogens with two attached hydrogens (primary N) is 1. The second-order valence-electron chi connectivity index (χ2n) is 3.46. The highest BCUT2D eigenvalue weighted by Gasteiger charge is 2.11. The van der Waals surface area contributed by atoms with E-state index < -0.39 is 0 Å². The lowest BCUT2D eigenvalue weighted by Gasteiger charge is -2.14. The SMILES string of the molecule is CCCNC(=O)CC(N)C(C)C. The summed E-state index contributed by atoms with van der Waals surface area (Å²) in [6.45, 7) is 6.84. The minimum absolute atomic E-state index is 0.0122. The Labute approximate surface area is 74.7 Å². The van der Waals surface area contributed by atoms with Gasteiger partial charge in [-0.2, -0.15) is 0 Å². The lowest BCUT2D eigenvalue weighted by molar-refractivity contribution is -0.121. The van der Waals surface area contributed by atoms with Crippen LogP contribution in [0.1, 0.15) is 33.6 Å². The van der Waals surface area contributed by atoms with Crippen molar-refractivity contribution in [2.45, 2.75) is 39.7 Å². The Morgan fingerprint density at radius 1 is 1.50 bits per heavy atom. The van der Waals surface area contributed by atoms with Crippen molar-refractivity contribution in [1.82, 2.24) is 5.32 Å². The van der Waals surface area contributed by atoms with Gasteiger partial charge >= 0.3 is 0 Å². The van der Waals surface area contributed by atoms with E-state index in [2.05, 4.69) is 5.32 Å². The minimum atomic E-state index is -0.0122. The Morgan fingerprint density at radius 3 is 2.50 bits per heavy atom. The molecule has 1 unspecified atom stereocenters. The van der Waals surface area contributed by atoms with Crippen LogP contribution in [0.5, 0.6) is 0 Å². The lowest BCUT2D eigenvalue weighted by atomic mass is 10.0. The molecule has 0 aromatic carbocycles. The molecule has 0 aliphatic carbocycles. The molecule has 3 nitrogen and oxygen atoms in total. The highest BCUT2D eigenvalue weighted by Crippen LogP contribution is 2.01. The molecule has 0 aliphatic rings. The zero-order chi connectivity index (χ0) is 9.56. The van der Waals surface area contributed by atoms with Gasteiger partial charge in [0.25, 0.3) is 0 Å². The van der Waals surface area contributed by atoms with Gasteiger partial charge in [0.1, 0.15) is 0 Å². The fourth-order valence-corrected chi connectivity index (χ4v) is 0.786. The number of carbonyl (C=O) groups is 1. The lowest BCUT2D eigenvalue weighted by Crippen LogP contribution is -2.35. The van der Waals surface area contributed by atoms with E-state index in [1.54, 1.807) is 0 Å². The van der Waals surface area contributed by atoms with Gasteiger partial charge in [-0.1, -0.05) is 20.8 Å². The first-order valence-corrected chi connectivity index (χ1v) is 4.60. The highest BCUT2D eigenvalue weighted by atomic mass is 16.1. The van der Waals surface area contributed by atoms with Gasteiger partial charge < -0.3 is 11.1 Å². The van der Waals surface area contributed by atoms with Gasteiger partial charge in [0.2, 0.25) is 5.91 Å². The zero-order valence-electron chi connectivity index (χ0n) is 8.26. The number of hydrogen-bond donors (Lipinski definition) is 2. The van der Waals surface area contributed by atoms with E-state index in [0.29, 0.717) is 12.3 Å². The van der Waals surface area contributed by atoms with Crippen LogP contribution in [0.3, 0.4) is 0 Å². The van der Waals surface area contributed by atoms with Crippen molar-refractivity contribution in [1.29, 1.82) is 0 Å². The van der Waals surface area contributed by atoms with Crippen LogP contribution < -0.4 is 11.1 Å². The summed E-state index contributed by atoms with van der Waals surface area (Å²) in [6.07, 6.45) is 1.42. The average molecular weight is 172 g/mol. The normalized spacial score (nSPS) is 13.1.